The molecule has 0 aromatic heterocycles. The van der Waals surface area contributed by atoms with Crippen molar-refractivity contribution >= 4 is 0 Å². The van der Waals surface area contributed by atoms with Crippen molar-refractivity contribution in [1.82, 2.24) is 10.2 Å². The van der Waals surface area contributed by atoms with Gasteiger partial charge in [0.25, 0.3) is 0 Å². The van der Waals surface area contributed by atoms with E-state index < -0.39 is 0 Å². The zero-order chi connectivity index (χ0) is 11.8. The Kier molecular flexibility index (Phi) is 7.06. The summed E-state index contributed by atoms with van der Waals surface area (Å²) in [5.74, 6) is 1.64. The highest BCUT2D eigenvalue weighted by molar-refractivity contribution is 4.70. The first-order chi connectivity index (χ1) is 7.72. The van der Waals surface area contributed by atoms with Crippen LogP contribution in [0.25, 0.3) is 0 Å². The van der Waals surface area contributed by atoms with E-state index in [-0.39, 0.29) is 0 Å². The van der Waals surface area contributed by atoms with Crippen molar-refractivity contribution in [3.63, 3.8) is 0 Å². The van der Waals surface area contributed by atoms with Crippen LogP contribution in [0.3, 0.4) is 0 Å². The first-order valence-electron chi connectivity index (χ1n) is 7.15. The summed E-state index contributed by atoms with van der Waals surface area (Å²) in [5.41, 5.74) is 0. The monoisotopic (exact) mass is 226 g/mol. The fourth-order valence-electron chi connectivity index (χ4n) is 2.64. The maximum atomic E-state index is 3.62. The summed E-state index contributed by atoms with van der Waals surface area (Å²) in [6.07, 6.45) is 5.49. The van der Waals surface area contributed by atoms with Crippen LogP contribution in [-0.2, 0) is 0 Å². The fourth-order valence-corrected chi connectivity index (χ4v) is 2.64. The summed E-state index contributed by atoms with van der Waals surface area (Å²) >= 11 is 0. The van der Waals surface area contributed by atoms with Crippen molar-refractivity contribution < 1.29 is 0 Å². The van der Waals surface area contributed by atoms with Crippen LogP contribution in [0, 0.1) is 11.8 Å². The molecule has 0 amide bonds. The number of hydrogen-bond donors (Lipinski definition) is 1. The molecule has 96 valence electrons. The van der Waals surface area contributed by atoms with Gasteiger partial charge in [0.2, 0.25) is 0 Å². The van der Waals surface area contributed by atoms with Gasteiger partial charge in [-0.2, -0.15) is 0 Å². The molecule has 0 radical (unpaired) electrons. The molecule has 1 aliphatic rings. The molecule has 0 aromatic rings. The maximum absolute atomic E-state index is 3.62. The van der Waals surface area contributed by atoms with Gasteiger partial charge in [-0.05, 0) is 57.3 Å². The SMILES string of the molecule is CCCC(C)CNCC(C)CN1CCCC1. The number of hydrogen-bond acceptors (Lipinski definition) is 2. The summed E-state index contributed by atoms with van der Waals surface area (Å²) < 4.78 is 0. The molecule has 16 heavy (non-hydrogen) atoms. The van der Waals surface area contributed by atoms with Crippen molar-refractivity contribution in [3.8, 4) is 0 Å². The third kappa shape index (κ3) is 5.86. The minimum Gasteiger partial charge on any atom is -0.316 e. The molecule has 0 aliphatic carbocycles. The van der Waals surface area contributed by atoms with E-state index in [2.05, 4.69) is 31.0 Å². The lowest BCUT2D eigenvalue weighted by molar-refractivity contribution is 0.280. The molecule has 0 bridgehead atoms. The highest BCUT2D eigenvalue weighted by atomic mass is 15.1. The predicted octanol–water partition coefficient (Wildman–Crippen LogP) is 2.74. The van der Waals surface area contributed by atoms with E-state index in [0.29, 0.717) is 0 Å². The van der Waals surface area contributed by atoms with Gasteiger partial charge in [0.15, 0.2) is 0 Å². The van der Waals surface area contributed by atoms with Gasteiger partial charge in [0.1, 0.15) is 0 Å². The largest absolute Gasteiger partial charge is 0.316 e. The standard InChI is InChI=1S/C14H30N2/c1-4-7-13(2)10-15-11-14(3)12-16-8-5-6-9-16/h13-15H,4-12H2,1-3H3. The zero-order valence-corrected chi connectivity index (χ0v) is 11.5. The second-order valence-electron chi connectivity index (χ2n) is 5.66. The Morgan fingerprint density at radius 1 is 1.06 bits per heavy atom. The van der Waals surface area contributed by atoms with Crippen LogP contribution in [0.2, 0.25) is 0 Å². The average Bonchev–Trinajstić information content (AvgIpc) is 2.70. The van der Waals surface area contributed by atoms with E-state index in [9.17, 15) is 0 Å². The number of nitrogens with one attached hydrogen (secondary N) is 1. The normalized spacial score (nSPS) is 21.2. The molecular formula is C14H30N2. The third-order valence-electron chi connectivity index (χ3n) is 3.54. The topological polar surface area (TPSA) is 15.3 Å². The van der Waals surface area contributed by atoms with Crippen molar-refractivity contribution in [1.29, 1.82) is 0 Å². The van der Waals surface area contributed by atoms with E-state index in [1.807, 2.05) is 0 Å². The molecule has 2 nitrogen and oxygen atoms in total. The molecule has 1 aliphatic heterocycles. The van der Waals surface area contributed by atoms with E-state index >= 15 is 0 Å². The average molecular weight is 226 g/mol. The molecule has 0 saturated carbocycles. The molecule has 2 unspecified atom stereocenters. The van der Waals surface area contributed by atoms with Gasteiger partial charge in [0, 0.05) is 6.54 Å². The lowest BCUT2D eigenvalue weighted by Crippen LogP contribution is -2.33. The third-order valence-corrected chi connectivity index (χ3v) is 3.54. The number of rotatable bonds is 8. The Hall–Kier alpha value is -0.0800. The summed E-state index contributed by atoms with van der Waals surface area (Å²) in [7, 11) is 0. The summed E-state index contributed by atoms with van der Waals surface area (Å²) in [4.78, 5) is 2.61. The van der Waals surface area contributed by atoms with Gasteiger partial charge in [-0.1, -0.05) is 27.2 Å². The molecular weight excluding hydrogens is 196 g/mol. The fraction of sp³-hybridized carbons (Fsp3) is 1.00. The summed E-state index contributed by atoms with van der Waals surface area (Å²) in [6, 6.07) is 0. The van der Waals surface area contributed by atoms with Gasteiger partial charge < -0.3 is 10.2 Å². The van der Waals surface area contributed by atoms with Gasteiger partial charge in [-0.25, -0.2) is 0 Å². The van der Waals surface area contributed by atoms with Crippen LogP contribution in [0.1, 0.15) is 46.5 Å². The smallest absolute Gasteiger partial charge is 0.00191 e. The quantitative estimate of drug-likeness (QED) is 0.684. The van der Waals surface area contributed by atoms with Crippen LogP contribution >= 0.6 is 0 Å². The van der Waals surface area contributed by atoms with Crippen molar-refractivity contribution in [2.45, 2.75) is 46.5 Å². The van der Waals surface area contributed by atoms with E-state index in [4.69, 9.17) is 0 Å². The first kappa shape index (κ1) is 14.0. The Bertz CT molecular complexity index is 164. The summed E-state index contributed by atoms with van der Waals surface area (Å²) in [5, 5.41) is 3.62. The molecule has 2 atom stereocenters. The molecule has 1 saturated heterocycles. The Labute approximate surface area is 102 Å². The lowest BCUT2D eigenvalue weighted by Gasteiger charge is -2.21. The van der Waals surface area contributed by atoms with E-state index in [0.717, 1.165) is 11.8 Å². The minimum atomic E-state index is 0.798. The Morgan fingerprint density at radius 3 is 2.31 bits per heavy atom. The van der Waals surface area contributed by atoms with Crippen molar-refractivity contribution in [2.24, 2.45) is 11.8 Å². The molecule has 0 spiro atoms. The summed E-state index contributed by atoms with van der Waals surface area (Å²) in [6.45, 7) is 13.3. The Balaban J connectivity index is 1.98. The molecule has 1 N–H and O–H groups in total. The van der Waals surface area contributed by atoms with Gasteiger partial charge >= 0.3 is 0 Å². The van der Waals surface area contributed by atoms with Gasteiger partial charge in [-0.15, -0.1) is 0 Å². The first-order valence-corrected chi connectivity index (χ1v) is 7.15. The van der Waals surface area contributed by atoms with Crippen LogP contribution < -0.4 is 5.32 Å². The van der Waals surface area contributed by atoms with Crippen molar-refractivity contribution in [2.75, 3.05) is 32.7 Å². The van der Waals surface area contributed by atoms with Crippen LogP contribution in [0.4, 0.5) is 0 Å². The van der Waals surface area contributed by atoms with Gasteiger partial charge in [-0.3, -0.25) is 0 Å². The molecule has 1 fully saturated rings. The van der Waals surface area contributed by atoms with Gasteiger partial charge in [0.05, 0.1) is 0 Å². The van der Waals surface area contributed by atoms with E-state index in [1.165, 1.54) is 58.4 Å². The minimum absolute atomic E-state index is 0.798. The highest BCUT2D eigenvalue weighted by Crippen LogP contribution is 2.10. The van der Waals surface area contributed by atoms with Crippen LogP contribution in [0.15, 0.2) is 0 Å². The molecule has 1 heterocycles. The molecule has 0 aromatic carbocycles. The zero-order valence-electron chi connectivity index (χ0n) is 11.5. The molecule has 1 rings (SSSR count). The Morgan fingerprint density at radius 2 is 1.69 bits per heavy atom. The predicted molar refractivity (Wildman–Crippen MR) is 71.8 cm³/mol. The number of likely N-dealkylation sites (tertiary alicyclic amines) is 1. The number of nitrogens with zero attached hydrogens (tertiary/aromatic N) is 1. The molecule has 2 heteroatoms. The second kappa shape index (κ2) is 8.08. The highest BCUT2D eigenvalue weighted by Gasteiger charge is 2.14. The maximum Gasteiger partial charge on any atom is 0.00191 e. The van der Waals surface area contributed by atoms with Crippen LogP contribution in [-0.4, -0.2) is 37.6 Å². The van der Waals surface area contributed by atoms with Crippen LogP contribution in [0.5, 0.6) is 0 Å². The second-order valence-corrected chi connectivity index (χ2v) is 5.66. The lowest BCUT2D eigenvalue weighted by atomic mass is 10.1. The van der Waals surface area contributed by atoms with E-state index in [1.54, 1.807) is 0 Å². The van der Waals surface area contributed by atoms with Crippen molar-refractivity contribution in [3.05, 3.63) is 0 Å².